The number of nitrogens with zero attached hydrogens (tertiary/aromatic N) is 1. The summed E-state index contributed by atoms with van der Waals surface area (Å²) in [5.74, 6) is -0.136. The van der Waals surface area contributed by atoms with E-state index in [0.717, 1.165) is 51.7 Å². The maximum Gasteiger partial charge on any atom is 0.310 e. The largest absolute Gasteiger partial charge is 0.490 e. The number of rotatable bonds is 10. The smallest absolute Gasteiger partial charge is 0.310 e. The van der Waals surface area contributed by atoms with E-state index in [1.165, 1.54) is 11.6 Å². The van der Waals surface area contributed by atoms with E-state index in [2.05, 4.69) is 34.5 Å². The monoisotopic (exact) mass is 452 g/mol. The molecular weight excluding hydrogens is 419 g/mol. The molecule has 1 heterocycles. The van der Waals surface area contributed by atoms with E-state index in [1.54, 1.807) is 18.2 Å². The first-order valence-corrected chi connectivity index (χ1v) is 12.1. The molecule has 0 spiro atoms. The minimum atomic E-state index is -0.662. The van der Waals surface area contributed by atoms with Crippen molar-refractivity contribution in [2.75, 3.05) is 32.8 Å². The number of piperidine rings is 1. The molecule has 2 atom stereocenters. The van der Waals surface area contributed by atoms with Crippen LogP contribution in [0.5, 0.6) is 5.75 Å². The van der Waals surface area contributed by atoms with Gasteiger partial charge in [0.1, 0.15) is 0 Å². The molecule has 2 saturated carbocycles. The molecule has 2 unspecified atom stereocenters. The predicted molar refractivity (Wildman–Crippen MR) is 125 cm³/mol. The van der Waals surface area contributed by atoms with Crippen LogP contribution in [0.2, 0.25) is 0 Å². The maximum atomic E-state index is 14.2. The number of para-hydroxylation sites is 1. The Bertz CT molecular complexity index is 970. The molecule has 2 aliphatic carbocycles. The van der Waals surface area contributed by atoms with Gasteiger partial charge in [-0.3, -0.25) is 4.79 Å². The van der Waals surface area contributed by atoms with E-state index >= 15 is 0 Å². The van der Waals surface area contributed by atoms with E-state index in [0.29, 0.717) is 30.9 Å². The Morgan fingerprint density at radius 2 is 1.76 bits per heavy atom. The van der Waals surface area contributed by atoms with Crippen molar-refractivity contribution >= 4 is 5.97 Å². The minimum absolute atomic E-state index is 0.0947. The summed E-state index contributed by atoms with van der Waals surface area (Å²) in [5, 5.41) is 13.3. The zero-order valence-electron chi connectivity index (χ0n) is 19.0. The fourth-order valence-electron chi connectivity index (χ4n) is 5.21. The number of benzene rings is 2. The minimum Gasteiger partial charge on any atom is -0.490 e. The van der Waals surface area contributed by atoms with Crippen molar-refractivity contribution in [3.63, 3.8) is 0 Å². The highest BCUT2D eigenvalue weighted by Crippen LogP contribution is 2.47. The molecule has 0 bridgehead atoms. The summed E-state index contributed by atoms with van der Waals surface area (Å²) in [6.45, 7) is 3.63. The Hall–Kier alpha value is -2.44. The van der Waals surface area contributed by atoms with Crippen LogP contribution in [0.25, 0.3) is 0 Å². The Kier molecular flexibility index (Phi) is 6.14. The van der Waals surface area contributed by atoms with E-state index in [9.17, 15) is 14.3 Å². The summed E-state index contributed by atoms with van der Waals surface area (Å²) < 4.78 is 20.2. The van der Waals surface area contributed by atoms with Crippen molar-refractivity contribution in [1.82, 2.24) is 10.2 Å². The molecule has 1 aliphatic heterocycles. The van der Waals surface area contributed by atoms with Crippen LogP contribution >= 0.6 is 0 Å². The zero-order chi connectivity index (χ0) is 22.9. The lowest BCUT2D eigenvalue weighted by Crippen LogP contribution is -2.50. The normalized spacial score (nSPS) is 25.4. The number of carboxylic acids is 1. The molecule has 0 amide bonds. The standard InChI is InChI=1S/C27H33FN2O3/c28-22-8-4-5-9-24(22)33-19-26(17-29-23-16-21(23)20-6-2-1-3-7-20)12-14-30(15-13-26)18-27(10-11-27)25(31)32/h1-9,21,23,29H,10-19H2,(H,31,32). The van der Waals surface area contributed by atoms with Crippen molar-refractivity contribution in [3.05, 3.63) is 66.0 Å². The number of nitrogens with one attached hydrogen (secondary N) is 1. The van der Waals surface area contributed by atoms with Gasteiger partial charge in [-0.1, -0.05) is 42.5 Å². The number of hydrogen-bond acceptors (Lipinski definition) is 4. The second-order valence-electron chi connectivity index (χ2n) is 10.3. The summed E-state index contributed by atoms with van der Waals surface area (Å²) in [6, 6.07) is 17.7. The fraction of sp³-hybridized carbons (Fsp3) is 0.519. The van der Waals surface area contributed by atoms with E-state index in [-0.39, 0.29) is 11.2 Å². The molecule has 33 heavy (non-hydrogen) atoms. The Balaban J connectivity index is 1.21. The van der Waals surface area contributed by atoms with Crippen LogP contribution in [0.3, 0.4) is 0 Å². The number of aliphatic carboxylic acids is 1. The highest BCUT2D eigenvalue weighted by atomic mass is 19.1. The molecule has 1 saturated heterocycles. The van der Waals surface area contributed by atoms with Gasteiger partial charge in [-0.05, 0) is 62.9 Å². The van der Waals surface area contributed by atoms with Crippen LogP contribution < -0.4 is 10.1 Å². The summed E-state index contributed by atoms with van der Waals surface area (Å²) in [5.41, 5.74) is 0.756. The zero-order valence-corrected chi connectivity index (χ0v) is 19.0. The maximum absolute atomic E-state index is 14.2. The van der Waals surface area contributed by atoms with Crippen LogP contribution in [0, 0.1) is 16.6 Å². The van der Waals surface area contributed by atoms with Gasteiger partial charge in [-0.15, -0.1) is 0 Å². The van der Waals surface area contributed by atoms with Gasteiger partial charge in [-0.25, -0.2) is 4.39 Å². The lowest BCUT2D eigenvalue weighted by Gasteiger charge is -2.42. The predicted octanol–water partition coefficient (Wildman–Crippen LogP) is 4.30. The van der Waals surface area contributed by atoms with Crippen LogP contribution in [0.15, 0.2) is 54.6 Å². The van der Waals surface area contributed by atoms with Gasteiger partial charge in [0.15, 0.2) is 11.6 Å². The second kappa shape index (κ2) is 9.07. The van der Waals surface area contributed by atoms with Crippen LogP contribution in [-0.4, -0.2) is 54.8 Å². The van der Waals surface area contributed by atoms with Gasteiger partial charge in [0.2, 0.25) is 0 Å². The number of halogens is 1. The third kappa shape index (κ3) is 5.07. The number of carboxylic acid groups (broad SMARTS) is 1. The van der Waals surface area contributed by atoms with Crippen LogP contribution in [-0.2, 0) is 4.79 Å². The molecule has 6 heteroatoms. The third-order valence-electron chi connectivity index (χ3n) is 7.88. The first kappa shape index (κ1) is 22.4. The number of hydrogen-bond donors (Lipinski definition) is 2. The number of carbonyl (C=O) groups is 1. The fourth-order valence-corrected chi connectivity index (χ4v) is 5.21. The van der Waals surface area contributed by atoms with E-state index in [4.69, 9.17) is 4.74 Å². The van der Waals surface area contributed by atoms with Crippen molar-refractivity contribution < 1.29 is 19.0 Å². The van der Waals surface area contributed by atoms with Gasteiger partial charge in [0.25, 0.3) is 0 Å². The Labute approximate surface area is 194 Å². The van der Waals surface area contributed by atoms with Crippen LogP contribution in [0.4, 0.5) is 4.39 Å². The molecule has 3 fully saturated rings. The lowest BCUT2D eigenvalue weighted by molar-refractivity contribution is -0.144. The third-order valence-corrected chi connectivity index (χ3v) is 7.88. The van der Waals surface area contributed by atoms with Crippen molar-refractivity contribution in [2.24, 2.45) is 10.8 Å². The van der Waals surface area contributed by atoms with Crippen molar-refractivity contribution in [3.8, 4) is 5.75 Å². The Morgan fingerprint density at radius 3 is 2.42 bits per heavy atom. The average molecular weight is 453 g/mol. The molecule has 2 aromatic carbocycles. The van der Waals surface area contributed by atoms with Gasteiger partial charge < -0.3 is 20.1 Å². The molecule has 5 rings (SSSR count). The SMILES string of the molecule is O=C(O)C1(CN2CCC(CNC3CC3c3ccccc3)(COc3ccccc3F)CC2)CC1. The number of likely N-dealkylation sites (tertiary alicyclic amines) is 1. The Morgan fingerprint density at radius 1 is 1.06 bits per heavy atom. The number of ether oxygens (including phenoxy) is 1. The van der Waals surface area contributed by atoms with Crippen LogP contribution in [0.1, 0.15) is 43.6 Å². The molecule has 2 N–H and O–H groups in total. The summed E-state index contributed by atoms with van der Waals surface area (Å²) >= 11 is 0. The molecule has 3 aliphatic rings. The first-order chi connectivity index (χ1) is 16.0. The van der Waals surface area contributed by atoms with E-state index < -0.39 is 11.4 Å². The van der Waals surface area contributed by atoms with Gasteiger partial charge >= 0.3 is 5.97 Å². The highest BCUT2D eigenvalue weighted by molar-refractivity contribution is 5.78. The lowest BCUT2D eigenvalue weighted by atomic mass is 9.78. The quantitative estimate of drug-likeness (QED) is 0.563. The average Bonchev–Trinajstić information content (AvgIpc) is 3.75. The topological polar surface area (TPSA) is 61.8 Å². The summed E-state index contributed by atoms with van der Waals surface area (Å²) in [7, 11) is 0. The molecular formula is C27H33FN2O3. The van der Waals surface area contributed by atoms with Gasteiger partial charge in [0.05, 0.1) is 12.0 Å². The van der Waals surface area contributed by atoms with Gasteiger partial charge in [-0.2, -0.15) is 0 Å². The van der Waals surface area contributed by atoms with Crippen molar-refractivity contribution in [1.29, 1.82) is 0 Å². The molecule has 2 aromatic rings. The van der Waals surface area contributed by atoms with Gasteiger partial charge in [0, 0.05) is 30.5 Å². The van der Waals surface area contributed by atoms with Crippen molar-refractivity contribution in [2.45, 2.75) is 44.1 Å². The van der Waals surface area contributed by atoms with E-state index in [1.807, 2.05) is 6.07 Å². The molecule has 5 nitrogen and oxygen atoms in total. The molecule has 0 radical (unpaired) electrons. The molecule has 176 valence electrons. The molecule has 0 aromatic heterocycles. The first-order valence-electron chi connectivity index (χ1n) is 12.1. The highest BCUT2D eigenvalue weighted by Gasteiger charge is 2.52. The summed E-state index contributed by atoms with van der Waals surface area (Å²) in [6.07, 6.45) is 4.52. The second-order valence-corrected chi connectivity index (χ2v) is 10.3. The summed E-state index contributed by atoms with van der Waals surface area (Å²) in [4.78, 5) is 13.9.